The first kappa shape index (κ1) is 25.7. The van der Waals surface area contributed by atoms with Gasteiger partial charge in [0.1, 0.15) is 5.75 Å². The third-order valence-corrected chi connectivity index (χ3v) is 7.48. The lowest BCUT2D eigenvalue weighted by Crippen LogP contribution is -2.24. The molecule has 3 aromatic carbocycles. The smallest absolute Gasteiger partial charge is 0.239 e. The standard InChI is InChI=1S/C27H26N4O2S3/c1-3-24(25(32)31-27-30-23(17-35-27)18-9-7-13-21(15-18)33-2)36-22-14-8-12-20(16-22)29-26(34)28-19-10-5-4-6-11-19/h4-17,24H,3H2,1-2H3,(H2,28,29,34)(H,30,31,32). The number of nitrogens with zero attached hydrogens (tertiary/aromatic N) is 1. The van der Waals surface area contributed by atoms with Crippen molar-refractivity contribution in [2.45, 2.75) is 23.5 Å². The van der Waals surface area contributed by atoms with Gasteiger partial charge in [-0.1, -0.05) is 43.3 Å². The largest absolute Gasteiger partial charge is 0.497 e. The van der Waals surface area contributed by atoms with Gasteiger partial charge in [-0.05, 0) is 61.1 Å². The second-order valence-electron chi connectivity index (χ2n) is 7.75. The molecule has 1 atom stereocenters. The van der Waals surface area contributed by atoms with E-state index in [1.807, 2.05) is 91.2 Å². The molecule has 1 aromatic heterocycles. The molecule has 1 amide bonds. The number of rotatable bonds is 9. The lowest BCUT2D eigenvalue weighted by molar-refractivity contribution is -0.115. The number of para-hydroxylation sites is 1. The lowest BCUT2D eigenvalue weighted by Gasteiger charge is -2.15. The summed E-state index contributed by atoms with van der Waals surface area (Å²) < 4.78 is 5.29. The topological polar surface area (TPSA) is 75.3 Å². The highest BCUT2D eigenvalue weighted by molar-refractivity contribution is 8.00. The maximum atomic E-state index is 13.0. The molecule has 0 aliphatic carbocycles. The molecule has 1 unspecified atom stereocenters. The number of thiocarbonyl (C=S) groups is 1. The van der Waals surface area contributed by atoms with Gasteiger partial charge in [-0.3, -0.25) is 4.79 Å². The van der Waals surface area contributed by atoms with E-state index in [4.69, 9.17) is 17.0 Å². The Balaban J connectivity index is 1.36. The molecular weight excluding hydrogens is 509 g/mol. The number of amides is 1. The maximum Gasteiger partial charge on any atom is 0.239 e. The normalized spacial score (nSPS) is 11.4. The van der Waals surface area contributed by atoms with E-state index in [0.29, 0.717) is 16.7 Å². The SMILES string of the molecule is CCC(Sc1cccc(NC(=S)Nc2ccccc2)c1)C(=O)Nc1nc(-c2cccc(OC)c2)cs1. The fourth-order valence-corrected chi connectivity index (χ4v) is 5.35. The van der Waals surface area contributed by atoms with Crippen molar-refractivity contribution in [3.05, 3.63) is 84.2 Å². The van der Waals surface area contributed by atoms with Crippen LogP contribution in [0.15, 0.2) is 89.1 Å². The monoisotopic (exact) mass is 534 g/mol. The predicted octanol–water partition coefficient (Wildman–Crippen LogP) is 7.14. The zero-order valence-electron chi connectivity index (χ0n) is 19.9. The van der Waals surface area contributed by atoms with E-state index in [1.54, 1.807) is 7.11 Å². The summed E-state index contributed by atoms with van der Waals surface area (Å²) in [6.45, 7) is 2.00. The van der Waals surface area contributed by atoms with Crippen molar-refractivity contribution in [3.8, 4) is 17.0 Å². The first-order valence-electron chi connectivity index (χ1n) is 11.3. The van der Waals surface area contributed by atoms with Gasteiger partial charge in [-0.15, -0.1) is 23.1 Å². The van der Waals surface area contributed by atoms with Gasteiger partial charge >= 0.3 is 0 Å². The zero-order valence-corrected chi connectivity index (χ0v) is 22.3. The van der Waals surface area contributed by atoms with Crippen molar-refractivity contribution in [3.63, 3.8) is 0 Å². The number of aromatic nitrogens is 1. The summed E-state index contributed by atoms with van der Waals surface area (Å²) in [5.41, 5.74) is 3.51. The Morgan fingerprint density at radius 3 is 2.53 bits per heavy atom. The number of thioether (sulfide) groups is 1. The molecule has 9 heteroatoms. The third kappa shape index (κ3) is 7.07. The summed E-state index contributed by atoms with van der Waals surface area (Å²) in [6, 6.07) is 25.3. The number of anilines is 3. The second kappa shape index (κ2) is 12.5. The van der Waals surface area contributed by atoms with Gasteiger partial charge in [0.15, 0.2) is 10.2 Å². The molecule has 1 heterocycles. The number of hydrogen-bond donors (Lipinski definition) is 3. The summed E-state index contributed by atoms with van der Waals surface area (Å²) in [4.78, 5) is 18.6. The van der Waals surface area contributed by atoms with Crippen molar-refractivity contribution in [2.24, 2.45) is 0 Å². The van der Waals surface area contributed by atoms with Gasteiger partial charge in [-0.2, -0.15) is 0 Å². The number of ether oxygens (including phenoxy) is 1. The van der Waals surface area contributed by atoms with Crippen molar-refractivity contribution >= 4 is 62.8 Å². The molecule has 6 nitrogen and oxygen atoms in total. The van der Waals surface area contributed by atoms with Gasteiger partial charge < -0.3 is 20.7 Å². The van der Waals surface area contributed by atoms with Crippen LogP contribution in [0.25, 0.3) is 11.3 Å². The molecule has 0 fully saturated rings. The zero-order chi connectivity index (χ0) is 25.3. The molecule has 0 spiro atoms. The summed E-state index contributed by atoms with van der Waals surface area (Å²) >= 11 is 8.35. The number of methoxy groups -OCH3 is 1. The molecule has 0 aliphatic heterocycles. The Morgan fingerprint density at radius 2 is 1.75 bits per heavy atom. The van der Waals surface area contributed by atoms with E-state index >= 15 is 0 Å². The summed E-state index contributed by atoms with van der Waals surface area (Å²) in [5, 5.41) is 12.1. The van der Waals surface area contributed by atoms with E-state index in [0.717, 1.165) is 33.3 Å². The fourth-order valence-electron chi connectivity index (χ4n) is 3.38. The number of nitrogens with one attached hydrogen (secondary N) is 3. The Kier molecular flexibility index (Phi) is 8.94. The Hall–Kier alpha value is -3.40. The molecule has 3 N–H and O–H groups in total. The molecule has 0 saturated carbocycles. The third-order valence-electron chi connectivity index (χ3n) is 5.16. The Labute approximate surface area is 224 Å². The van der Waals surface area contributed by atoms with Crippen LogP contribution >= 0.6 is 35.3 Å². The van der Waals surface area contributed by atoms with Crippen LogP contribution in [0.3, 0.4) is 0 Å². The first-order chi connectivity index (χ1) is 17.5. The van der Waals surface area contributed by atoms with E-state index in [9.17, 15) is 4.79 Å². The average Bonchev–Trinajstić information content (AvgIpc) is 3.36. The van der Waals surface area contributed by atoms with Crippen molar-refractivity contribution in [1.29, 1.82) is 0 Å². The van der Waals surface area contributed by atoms with Crippen LogP contribution in [-0.4, -0.2) is 28.4 Å². The first-order valence-corrected chi connectivity index (χ1v) is 13.5. The summed E-state index contributed by atoms with van der Waals surface area (Å²) in [7, 11) is 1.63. The molecule has 0 aliphatic rings. The Bertz CT molecular complexity index is 1330. The molecule has 0 bridgehead atoms. The van der Waals surface area contributed by atoms with Gasteiger partial charge in [-0.25, -0.2) is 4.98 Å². The lowest BCUT2D eigenvalue weighted by atomic mass is 10.2. The van der Waals surface area contributed by atoms with Gasteiger partial charge in [0.2, 0.25) is 5.91 Å². The molecule has 0 radical (unpaired) electrons. The number of benzene rings is 3. The highest BCUT2D eigenvalue weighted by Gasteiger charge is 2.20. The van der Waals surface area contributed by atoms with Crippen LogP contribution in [0.4, 0.5) is 16.5 Å². The fraction of sp³-hybridized carbons (Fsp3) is 0.148. The number of hydrogen-bond acceptors (Lipinski definition) is 6. The number of carbonyl (C=O) groups is 1. The maximum absolute atomic E-state index is 13.0. The molecule has 0 saturated heterocycles. The highest BCUT2D eigenvalue weighted by Crippen LogP contribution is 2.31. The quantitative estimate of drug-likeness (QED) is 0.156. The van der Waals surface area contributed by atoms with Gasteiger partial charge in [0.05, 0.1) is 18.1 Å². The van der Waals surface area contributed by atoms with Crippen molar-refractivity contribution in [1.82, 2.24) is 4.98 Å². The minimum atomic E-state index is -0.265. The summed E-state index contributed by atoms with van der Waals surface area (Å²) in [6.07, 6.45) is 0.677. The molecule has 36 heavy (non-hydrogen) atoms. The highest BCUT2D eigenvalue weighted by atomic mass is 32.2. The van der Waals surface area contributed by atoms with Crippen LogP contribution in [0.5, 0.6) is 5.75 Å². The number of carbonyl (C=O) groups excluding carboxylic acids is 1. The van der Waals surface area contributed by atoms with Crippen LogP contribution in [0, 0.1) is 0 Å². The second-order valence-corrected chi connectivity index (χ2v) is 10.3. The van der Waals surface area contributed by atoms with Gasteiger partial charge in [0.25, 0.3) is 0 Å². The Morgan fingerprint density at radius 1 is 1.00 bits per heavy atom. The van der Waals surface area contributed by atoms with E-state index in [2.05, 4.69) is 20.9 Å². The van der Waals surface area contributed by atoms with Crippen LogP contribution in [-0.2, 0) is 4.79 Å². The average molecular weight is 535 g/mol. The number of thiazole rings is 1. The van der Waals surface area contributed by atoms with Gasteiger partial charge in [0, 0.05) is 27.2 Å². The summed E-state index contributed by atoms with van der Waals surface area (Å²) in [5.74, 6) is 0.690. The van der Waals surface area contributed by atoms with Crippen molar-refractivity contribution < 1.29 is 9.53 Å². The minimum Gasteiger partial charge on any atom is -0.497 e. The molecular formula is C27H26N4O2S3. The molecule has 4 aromatic rings. The van der Waals surface area contributed by atoms with E-state index in [-0.39, 0.29) is 11.2 Å². The van der Waals surface area contributed by atoms with Crippen LogP contribution in [0.1, 0.15) is 13.3 Å². The predicted molar refractivity (Wildman–Crippen MR) is 155 cm³/mol. The van der Waals surface area contributed by atoms with Crippen molar-refractivity contribution in [2.75, 3.05) is 23.1 Å². The van der Waals surface area contributed by atoms with E-state index in [1.165, 1.54) is 23.1 Å². The van der Waals surface area contributed by atoms with Crippen LogP contribution in [0.2, 0.25) is 0 Å². The molecule has 184 valence electrons. The van der Waals surface area contributed by atoms with E-state index < -0.39 is 0 Å². The van der Waals surface area contributed by atoms with Crippen LogP contribution < -0.4 is 20.7 Å². The molecule has 4 rings (SSSR count). The minimum absolute atomic E-state index is 0.0753.